The molecule has 0 aliphatic heterocycles. The van der Waals surface area contributed by atoms with E-state index in [0.29, 0.717) is 40.9 Å². The number of fused-ring (bicyclic) bond motifs is 3. The Bertz CT molecular complexity index is 1460. The van der Waals surface area contributed by atoms with Crippen LogP contribution in [0.15, 0.2) is 36.4 Å². The van der Waals surface area contributed by atoms with Gasteiger partial charge in [-0.25, -0.2) is 14.4 Å². The first-order valence-electron chi connectivity index (χ1n) is 13.0. The van der Waals surface area contributed by atoms with Crippen molar-refractivity contribution in [3.63, 3.8) is 0 Å². The normalized spacial score (nSPS) is 10.3. The van der Waals surface area contributed by atoms with Gasteiger partial charge in [-0.3, -0.25) is 4.79 Å². The van der Waals surface area contributed by atoms with Crippen molar-refractivity contribution in [2.24, 2.45) is 0 Å². The molecule has 3 N–H and O–H groups in total. The standard InChI is InChI=1S/C25H29FN6O3.C2H6.2C2H2/c1-25(2,34)16-10-8-15(9-11-16)23(33)31(3)12-6-5-7-20-28-22-18-13-17(26)14-19(35-4)21(18)29-24(27)32(22)30-20;3*1-2/h8-11,13-14,34H,5-7,12H2,1-4H3,(H2,27,29);1-2H3;2*1-2H. The smallest absolute Gasteiger partial charge is 0.253 e. The predicted molar refractivity (Wildman–Crippen MR) is 162 cm³/mol. The fourth-order valence-corrected chi connectivity index (χ4v) is 3.95. The summed E-state index contributed by atoms with van der Waals surface area (Å²) in [5, 5.41) is 15.0. The molecule has 0 saturated heterocycles. The molecule has 4 rings (SSSR count). The van der Waals surface area contributed by atoms with Gasteiger partial charge in [-0.15, -0.1) is 30.8 Å². The molecule has 0 spiro atoms. The highest BCUT2D eigenvalue weighted by Crippen LogP contribution is 2.29. The van der Waals surface area contributed by atoms with Gasteiger partial charge in [-0.2, -0.15) is 4.52 Å². The zero-order valence-electron chi connectivity index (χ0n) is 24.6. The number of nitrogens with zero attached hydrogens (tertiary/aromatic N) is 5. The Kier molecular flexibility index (Phi) is 13.2. The predicted octanol–water partition coefficient (Wildman–Crippen LogP) is 4.85. The Balaban J connectivity index is 0.00000131. The van der Waals surface area contributed by atoms with Crippen LogP contribution in [0.5, 0.6) is 5.75 Å². The monoisotopic (exact) mass is 562 g/mol. The van der Waals surface area contributed by atoms with Crippen molar-refractivity contribution in [2.75, 3.05) is 26.4 Å². The largest absolute Gasteiger partial charge is 0.494 e. The van der Waals surface area contributed by atoms with Crippen LogP contribution in [0.4, 0.5) is 10.3 Å². The molecular formula is C31H39FN6O3. The SMILES string of the molecule is C#C.C#C.CC.COc1cc(F)cc2c1nc(N)n1nc(CCCCN(C)C(=O)c3ccc(C(C)(C)O)cc3)nc21. The number of ether oxygens (including phenoxy) is 1. The number of carbonyl (C=O) groups is 1. The molecular weight excluding hydrogens is 523 g/mol. The molecule has 9 nitrogen and oxygen atoms in total. The summed E-state index contributed by atoms with van der Waals surface area (Å²) in [4.78, 5) is 23.2. The number of aliphatic hydroxyl groups is 1. The minimum Gasteiger partial charge on any atom is -0.494 e. The minimum absolute atomic E-state index is 0.0838. The Morgan fingerprint density at radius 3 is 2.27 bits per heavy atom. The number of rotatable bonds is 8. The third-order valence-electron chi connectivity index (χ3n) is 5.92. The van der Waals surface area contributed by atoms with E-state index in [-0.39, 0.29) is 17.6 Å². The van der Waals surface area contributed by atoms with E-state index in [2.05, 4.69) is 40.8 Å². The van der Waals surface area contributed by atoms with Crippen LogP contribution in [0, 0.1) is 31.5 Å². The number of methoxy groups -OCH3 is 1. The number of unbranched alkanes of at least 4 members (excludes halogenated alkanes) is 1. The lowest BCUT2D eigenvalue weighted by Crippen LogP contribution is -2.28. The van der Waals surface area contributed by atoms with Crippen molar-refractivity contribution in [3.8, 4) is 31.4 Å². The highest BCUT2D eigenvalue weighted by atomic mass is 19.1. The van der Waals surface area contributed by atoms with Crippen molar-refractivity contribution in [1.82, 2.24) is 24.5 Å². The maximum Gasteiger partial charge on any atom is 0.253 e. The second-order valence-electron chi connectivity index (χ2n) is 9.06. The van der Waals surface area contributed by atoms with Gasteiger partial charge in [0, 0.05) is 31.6 Å². The van der Waals surface area contributed by atoms with Crippen molar-refractivity contribution < 1.29 is 19.0 Å². The number of aryl methyl sites for hydroxylation is 1. The second-order valence-corrected chi connectivity index (χ2v) is 9.06. The molecule has 0 bridgehead atoms. The van der Waals surface area contributed by atoms with E-state index in [0.717, 1.165) is 18.4 Å². The van der Waals surface area contributed by atoms with Crippen molar-refractivity contribution >= 4 is 28.4 Å². The molecule has 0 aliphatic rings. The molecule has 1 amide bonds. The molecule has 2 aromatic carbocycles. The highest BCUT2D eigenvalue weighted by molar-refractivity contribution is 5.96. The summed E-state index contributed by atoms with van der Waals surface area (Å²) in [6.45, 7) is 7.97. The summed E-state index contributed by atoms with van der Waals surface area (Å²) in [5.74, 6) is 0.429. The number of amides is 1. The number of nitrogen functional groups attached to an aromatic ring is 1. The van der Waals surface area contributed by atoms with Crippen molar-refractivity contribution in [1.29, 1.82) is 0 Å². The van der Waals surface area contributed by atoms with Crippen LogP contribution in [0.2, 0.25) is 0 Å². The first-order valence-corrected chi connectivity index (χ1v) is 13.0. The number of anilines is 1. The summed E-state index contributed by atoms with van der Waals surface area (Å²) in [6.07, 6.45) is 18.1. The summed E-state index contributed by atoms with van der Waals surface area (Å²) in [7, 11) is 3.20. The molecule has 0 radical (unpaired) electrons. The number of aromatic nitrogens is 4. The van der Waals surface area contributed by atoms with Gasteiger partial charge in [0.1, 0.15) is 17.1 Å². The van der Waals surface area contributed by atoms with E-state index in [1.807, 2.05) is 13.8 Å². The van der Waals surface area contributed by atoms with E-state index in [4.69, 9.17) is 10.5 Å². The van der Waals surface area contributed by atoms with E-state index < -0.39 is 11.4 Å². The van der Waals surface area contributed by atoms with Gasteiger partial charge in [0.2, 0.25) is 5.95 Å². The first kappa shape index (κ1) is 34.4. The zero-order valence-corrected chi connectivity index (χ0v) is 24.6. The van der Waals surface area contributed by atoms with Gasteiger partial charge >= 0.3 is 0 Å². The Hall–Kier alpha value is -4.67. The first-order chi connectivity index (χ1) is 19.6. The molecule has 41 heavy (non-hydrogen) atoms. The third-order valence-corrected chi connectivity index (χ3v) is 5.92. The van der Waals surface area contributed by atoms with Gasteiger partial charge < -0.3 is 20.5 Å². The molecule has 2 heterocycles. The average Bonchev–Trinajstić information content (AvgIpc) is 3.43. The van der Waals surface area contributed by atoms with Crippen molar-refractivity contribution in [2.45, 2.75) is 52.6 Å². The van der Waals surface area contributed by atoms with Crippen LogP contribution >= 0.6 is 0 Å². The third kappa shape index (κ3) is 8.41. The number of hydrogen-bond donors (Lipinski definition) is 2. The van der Waals surface area contributed by atoms with Gasteiger partial charge in [0.25, 0.3) is 5.91 Å². The van der Waals surface area contributed by atoms with Gasteiger partial charge in [0.15, 0.2) is 11.5 Å². The number of nitrogens with two attached hydrogens (primary N) is 1. The molecule has 0 aliphatic carbocycles. The van der Waals surface area contributed by atoms with Crippen molar-refractivity contribution in [3.05, 3.63) is 59.2 Å². The Morgan fingerprint density at radius 2 is 1.71 bits per heavy atom. The zero-order chi connectivity index (χ0) is 31.3. The number of benzene rings is 2. The number of hydrogen-bond acceptors (Lipinski definition) is 7. The van der Waals surface area contributed by atoms with E-state index in [9.17, 15) is 14.3 Å². The van der Waals surface area contributed by atoms with Crippen LogP contribution in [0.1, 0.15) is 62.3 Å². The number of carbonyl (C=O) groups excluding carboxylic acids is 1. The van der Waals surface area contributed by atoms with Gasteiger partial charge in [-0.1, -0.05) is 26.0 Å². The number of terminal acetylenes is 2. The fourth-order valence-electron chi connectivity index (χ4n) is 3.95. The second kappa shape index (κ2) is 15.8. The highest BCUT2D eigenvalue weighted by Gasteiger charge is 2.18. The van der Waals surface area contributed by atoms with Crippen LogP contribution in [-0.2, 0) is 12.0 Å². The average molecular weight is 563 g/mol. The molecule has 0 saturated carbocycles. The van der Waals surface area contributed by atoms with Crippen LogP contribution in [0.3, 0.4) is 0 Å². The molecule has 0 unspecified atom stereocenters. The van der Waals surface area contributed by atoms with E-state index in [1.165, 1.54) is 23.8 Å². The lowest BCUT2D eigenvalue weighted by molar-refractivity contribution is 0.0770. The lowest BCUT2D eigenvalue weighted by atomic mass is 9.97. The summed E-state index contributed by atoms with van der Waals surface area (Å²) in [6, 6.07) is 9.58. The minimum atomic E-state index is -0.952. The molecule has 2 aromatic heterocycles. The summed E-state index contributed by atoms with van der Waals surface area (Å²) >= 11 is 0. The Morgan fingerprint density at radius 1 is 1.10 bits per heavy atom. The Labute approximate surface area is 241 Å². The fraction of sp³-hybridized carbons (Fsp3) is 0.355. The van der Waals surface area contributed by atoms with Crippen LogP contribution in [-0.4, -0.2) is 56.2 Å². The molecule has 218 valence electrons. The summed E-state index contributed by atoms with van der Waals surface area (Å²) in [5.41, 5.74) is 7.27. The topological polar surface area (TPSA) is 119 Å². The maximum atomic E-state index is 14.1. The van der Waals surface area contributed by atoms with E-state index in [1.54, 1.807) is 50.1 Å². The lowest BCUT2D eigenvalue weighted by Gasteiger charge is -2.20. The van der Waals surface area contributed by atoms with Crippen LogP contribution in [0.25, 0.3) is 16.6 Å². The van der Waals surface area contributed by atoms with Gasteiger partial charge in [-0.05, 0) is 50.5 Å². The summed E-state index contributed by atoms with van der Waals surface area (Å²) < 4.78 is 20.7. The molecule has 0 atom stereocenters. The molecule has 0 fully saturated rings. The van der Waals surface area contributed by atoms with Gasteiger partial charge in [0.05, 0.1) is 18.1 Å². The number of halogens is 1. The molecule has 4 aromatic rings. The van der Waals surface area contributed by atoms with Crippen LogP contribution < -0.4 is 10.5 Å². The van der Waals surface area contributed by atoms with E-state index >= 15 is 0 Å². The molecule has 10 heteroatoms. The quantitative estimate of drug-likeness (QED) is 0.233. The maximum absolute atomic E-state index is 14.1.